The topological polar surface area (TPSA) is 41.3 Å². The molecule has 1 atom stereocenters. The summed E-state index contributed by atoms with van der Waals surface area (Å²) in [4.78, 5) is 5.78. The summed E-state index contributed by atoms with van der Waals surface area (Å²) in [5.41, 5.74) is 1.30. The molecule has 2 aromatic heterocycles. The average molecular weight is 438 g/mol. The highest BCUT2D eigenvalue weighted by Gasteiger charge is 2.34. The first-order chi connectivity index (χ1) is 14.1. The van der Waals surface area contributed by atoms with Gasteiger partial charge >= 0.3 is 6.18 Å². The Morgan fingerprint density at radius 3 is 2.53 bits per heavy atom. The van der Waals surface area contributed by atoms with E-state index < -0.39 is 17.5 Å². The first-order valence-corrected chi connectivity index (χ1v) is 10.2. The molecule has 1 aromatic carbocycles. The molecular weight excluding hydrogens is 415 g/mol. The van der Waals surface area contributed by atoms with Crippen molar-refractivity contribution in [3.63, 3.8) is 0 Å². The van der Waals surface area contributed by atoms with E-state index in [0.29, 0.717) is 10.6 Å². The number of hydrogen-bond donors (Lipinski definition) is 1. The van der Waals surface area contributed by atoms with Gasteiger partial charge in [-0.05, 0) is 50.2 Å². The van der Waals surface area contributed by atoms with Crippen molar-refractivity contribution in [2.45, 2.75) is 38.1 Å². The normalized spacial score (nSPS) is 17.6. The van der Waals surface area contributed by atoms with Crippen LogP contribution in [0, 0.1) is 0 Å². The van der Waals surface area contributed by atoms with Gasteiger partial charge in [-0.2, -0.15) is 13.2 Å². The number of aromatic nitrogens is 2. The number of pyridine rings is 1. The molecule has 0 radical (unpaired) electrons. The Balaban J connectivity index is 1.76. The van der Waals surface area contributed by atoms with Crippen molar-refractivity contribution in [1.29, 1.82) is 0 Å². The van der Waals surface area contributed by atoms with Crippen molar-refractivity contribution >= 4 is 22.5 Å². The molecule has 0 aliphatic carbocycles. The lowest BCUT2D eigenvalue weighted by Gasteiger charge is -2.26. The maximum absolute atomic E-state index is 12.8. The van der Waals surface area contributed by atoms with Gasteiger partial charge in [0.15, 0.2) is 0 Å². The molecule has 0 bridgehead atoms. The Bertz CT molecular complexity index is 1070. The maximum atomic E-state index is 12.8. The second-order valence-electron chi connectivity index (χ2n) is 8.18. The Morgan fingerprint density at radius 1 is 1.13 bits per heavy atom. The first kappa shape index (κ1) is 21.2. The summed E-state index contributed by atoms with van der Waals surface area (Å²) >= 11 is 6.25. The first-order valence-electron chi connectivity index (χ1n) is 9.80. The minimum absolute atomic E-state index is 0.206. The van der Waals surface area contributed by atoms with Gasteiger partial charge in [0.05, 0.1) is 6.54 Å². The highest BCUT2D eigenvalue weighted by atomic mass is 35.5. The molecule has 160 valence electrons. The van der Waals surface area contributed by atoms with Gasteiger partial charge in [-0.1, -0.05) is 17.7 Å². The molecule has 0 saturated carbocycles. The lowest BCUT2D eigenvalue weighted by atomic mass is 9.97. The smallest absolute Gasteiger partial charge is 0.384 e. The Kier molecular flexibility index (Phi) is 5.33. The predicted molar refractivity (Wildman–Crippen MR) is 111 cm³/mol. The number of aliphatic hydroxyl groups is 1. The van der Waals surface area contributed by atoms with E-state index in [1.807, 2.05) is 18.2 Å². The Morgan fingerprint density at radius 2 is 1.87 bits per heavy atom. The zero-order chi connectivity index (χ0) is 21.7. The molecule has 0 fully saturated rings. The highest BCUT2D eigenvalue weighted by Crippen LogP contribution is 2.35. The number of nitrogens with zero attached hydrogens (tertiary/aromatic N) is 3. The van der Waals surface area contributed by atoms with Crippen LogP contribution in [0.2, 0.25) is 5.02 Å². The van der Waals surface area contributed by atoms with Crippen LogP contribution in [-0.4, -0.2) is 39.7 Å². The molecule has 1 unspecified atom stereocenters. The Hall–Kier alpha value is -2.09. The summed E-state index contributed by atoms with van der Waals surface area (Å²) < 4.78 is 40.6. The van der Waals surface area contributed by atoms with E-state index >= 15 is 0 Å². The molecule has 4 rings (SSSR count). The van der Waals surface area contributed by atoms with E-state index in [1.165, 1.54) is 11.6 Å². The standard InChI is InChI=1S/C22H23ClF3N3O/c1-21(30,14-3-6-20(27-12-14)22(24,25)26)13-29-18-5-4-15(23)11-17(18)16-7-9-28(2)10-8-19(16)29/h3-6,11-12,30H,7-10,13H2,1-2H3. The van der Waals surface area contributed by atoms with Crippen LogP contribution in [0.3, 0.4) is 0 Å². The summed E-state index contributed by atoms with van der Waals surface area (Å²) in [5, 5.41) is 12.9. The van der Waals surface area contributed by atoms with Crippen LogP contribution in [0.15, 0.2) is 36.5 Å². The number of benzene rings is 1. The zero-order valence-corrected chi connectivity index (χ0v) is 17.6. The third kappa shape index (κ3) is 3.94. The van der Waals surface area contributed by atoms with E-state index in [-0.39, 0.29) is 6.54 Å². The van der Waals surface area contributed by atoms with Crippen LogP contribution in [0.25, 0.3) is 10.9 Å². The van der Waals surface area contributed by atoms with Gasteiger partial charge in [0.2, 0.25) is 0 Å². The molecule has 0 amide bonds. The van der Waals surface area contributed by atoms with E-state index in [2.05, 4.69) is 21.5 Å². The van der Waals surface area contributed by atoms with Crippen LogP contribution in [0.1, 0.15) is 29.4 Å². The molecule has 0 saturated heterocycles. The summed E-state index contributed by atoms with van der Waals surface area (Å²) in [5.74, 6) is 0. The lowest BCUT2D eigenvalue weighted by molar-refractivity contribution is -0.141. The summed E-state index contributed by atoms with van der Waals surface area (Å²) in [6.45, 7) is 3.63. The summed E-state index contributed by atoms with van der Waals surface area (Å²) in [7, 11) is 2.08. The average Bonchev–Trinajstić information content (AvgIpc) is 2.81. The van der Waals surface area contributed by atoms with Gasteiger partial charge in [0, 0.05) is 52.9 Å². The molecule has 30 heavy (non-hydrogen) atoms. The van der Waals surface area contributed by atoms with Gasteiger partial charge in [-0.25, -0.2) is 0 Å². The molecule has 3 heterocycles. The number of rotatable bonds is 3. The van der Waals surface area contributed by atoms with Gasteiger partial charge < -0.3 is 14.6 Å². The molecule has 1 N–H and O–H groups in total. The SMILES string of the molecule is CN1CCc2c(n(CC(C)(O)c3ccc(C(F)(F)F)nc3)c3ccc(Cl)cc23)CC1. The van der Waals surface area contributed by atoms with Crippen molar-refractivity contribution in [2.24, 2.45) is 0 Å². The lowest BCUT2D eigenvalue weighted by Crippen LogP contribution is -2.29. The monoisotopic (exact) mass is 437 g/mol. The zero-order valence-electron chi connectivity index (χ0n) is 16.8. The largest absolute Gasteiger partial charge is 0.433 e. The molecule has 8 heteroatoms. The molecule has 3 aromatic rings. The predicted octanol–water partition coefficient (Wildman–Crippen LogP) is 4.65. The van der Waals surface area contributed by atoms with Gasteiger partial charge in [0.1, 0.15) is 11.3 Å². The van der Waals surface area contributed by atoms with Crippen LogP contribution < -0.4 is 0 Å². The number of fused-ring (bicyclic) bond motifs is 3. The fraction of sp³-hybridized carbons (Fsp3) is 0.409. The molecule has 1 aliphatic heterocycles. The summed E-state index contributed by atoms with van der Waals surface area (Å²) in [6, 6.07) is 7.92. The van der Waals surface area contributed by atoms with Gasteiger partial charge in [-0.15, -0.1) is 0 Å². The number of alkyl halides is 3. The minimum Gasteiger partial charge on any atom is -0.384 e. The van der Waals surface area contributed by atoms with Crippen molar-refractivity contribution in [1.82, 2.24) is 14.5 Å². The Labute approximate surface area is 177 Å². The molecule has 1 aliphatic rings. The summed E-state index contributed by atoms with van der Waals surface area (Å²) in [6.07, 6.45) is -1.71. The van der Waals surface area contributed by atoms with E-state index in [4.69, 9.17) is 11.6 Å². The number of likely N-dealkylation sites (N-methyl/N-ethyl adjacent to an activating group) is 1. The van der Waals surface area contributed by atoms with Gasteiger partial charge in [0.25, 0.3) is 0 Å². The highest BCUT2D eigenvalue weighted by molar-refractivity contribution is 6.31. The number of halogens is 4. The third-order valence-corrected chi connectivity index (χ3v) is 6.10. The number of hydrogen-bond acceptors (Lipinski definition) is 3. The van der Waals surface area contributed by atoms with Crippen molar-refractivity contribution in [3.8, 4) is 0 Å². The molecule has 0 spiro atoms. The molecule has 4 nitrogen and oxygen atoms in total. The van der Waals surface area contributed by atoms with Crippen LogP contribution in [0.4, 0.5) is 13.2 Å². The van der Waals surface area contributed by atoms with E-state index in [1.54, 1.807) is 6.92 Å². The van der Waals surface area contributed by atoms with E-state index in [0.717, 1.165) is 54.8 Å². The quantitative estimate of drug-likeness (QED) is 0.648. The fourth-order valence-electron chi connectivity index (χ4n) is 4.19. The fourth-order valence-corrected chi connectivity index (χ4v) is 4.36. The van der Waals surface area contributed by atoms with Gasteiger partial charge in [-0.3, -0.25) is 4.98 Å². The second-order valence-corrected chi connectivity index (χ2v) is 8.62. The van der Waals surface area contributed by atoms with Crippen molar-refractivity contribution in [3.05, 3.63) is 64.1 Å². The van der Waals surface area contributed by atoms with Crippen LogP contribution in [0.5, 0.6) is 0 Å². The third-order valence-electron chi connectivity index (χ3n) is 5.86. The van der Waals surface area contributed by atoms with Crippen LogP contribution >= 0.6 is 11.6 Å². The van der Waals surface area contributed by atoms with Crippen molar-refractivity contribution in [2.75, 3.05) is 20.1 Å². The van der Waals surface area contributed by atoms with Crippen LogP contribution in [-0.2, 0) is 31.2 Å². The molecular formula is C22H23ClF3N3O. The second kappa shape index (κ2) is 7.55. The minimum atomic E-state index is -4.51. The maximum Gasteiger partial charge on any atom is 0.433 e. The van der Waals surface area contributed by atoms with E-state index in [9.17, 15) is 18.3 Å². The van der Waals surface area contributed by atoms with Crippen molar-refractivity contribution < 1.29 is 18.3 Å².